The van der Waals surface area contributed by atoms with E-state index in [9.17, 15) is 14.4 Å². The van der Waals surface area contributed by atoms with Gasteiger partial charge in [0.15, 0.2) is 0 Å². The fourth-order valence-corrected chi connectivity index (χ4v) is 4.08. The van der Waals surface area contributed by atoms with E-state index < -0.39 is 20.3 Å². The average Bonchev–Trinajstić information content (AvgIpc) is 3.35. The highest BCUT2D eigenvalue weighted by Crippen LogP contribution is 2.23. The van der Waals surface area contributed by atoms with Crippen molar-refractivity contribution in [1.82, 2.24) is 10.3 Å². The molecule has 2 amide bonds. The number of nitrogens with zero attached hydrogens (tertiary/aromatic N) is 1. The van der Waals surface area contributed by atoms with Crippen LogP contribution in [0.3, 0.4) is 0 Å². The number of aromatic nitrogens is 1. The molecule has 0 aliphatic carbocycles. The summed E-state index contributed by atoms with van der Waals surface area (Å²) >= 11 is 0. The van der Waals surface area contributed by atoms with Crippen molar-refractivity contribution in [2.24, 2.45) is 0 Å². The van der Waals surface area contributed by atoms with Crippen LogP contribution in [0.15, 0.2) is 36.5 Å². The van der Waals surface area contributed by atoms with Crippen LogP contribution in [-0.4, -0.2) is 56.6 Å². The van der Waals surface area contributed by atoms with Gasteiger partial charge in [0.05, 0.1) is 25.4 Å². The number of nitrogens with one attached hydrogen (secondary N) is 2. The van der Waals surface area contributed by atoms with Crippen LogP contribution in [0, 0.1) is 0 Å². The molecule has 0 saturated carbocycles. The predicted octanol–water partition coefficient (Wildman–Crippen LogP) is 3.56. The highest BCUT2D eigenvalue weighted by molar-refractivity contribution is 6.76. The molecule has 9 heteroatoms. The first-order chi connectivity index (χ1) is 15.1. The lowest BCUT2D eigenvalue weighted by Crippen LogP contribution is -2.33. The lowest BCUT2D eigenvalue weighted by Gasteiger charge is -2.15. The van der Waals surface area contributed by atoms with E-state index in [1.54, 1.807) is 30.5 Å². The summed E-state index contributed by atoms with van der Waals surface area (Å²) in [6, 6.07) is 9.79. The van der Waals surface area contributed by atoms with Crippen molar-refractivity contribution in [3.63, 3.8) is 0 Å². The van der Waals surface area contributed by atoms with Gasteiger partial charge in [-0.2, -0.15) is 0 Å². The van der Waals surface area contributed by atoms with E-state index in [1.807, 2.05) is 6.07 Å². The lowest BCUT2D eigenvalue weighted by molar-refractivity contribution is -0.119. The SMILES string of the molecule is CC(=O)NC[C@H]1CN(c2ccc(C(=O)c3[nH]ccc3COCC[Si](C)(C)C)cc2)C(=O)O1. The van der Waals surface area contributed by atoms with E-state index in [2.05, 4.69) is 29.9 Å². The van der Waals surface area contributed by atoms with Crippen LogP contribution in [0.1, 0.15) is 28.5 Å². The van der Waals surface area contributed by atoms with Gasteiger partial charge in [0, 0.05) is 44.6 Å². The van der Waals surface area contributed by atoms with Crippen molar-refractivity contribution in [2.75, 3.05) is 24.6 Å². The number of amides is 2. The molecular weight excluding hydrogens is 426 g/mol. The number of hydrogen-bond acceptors (Lipinski definition) is 5. The predicted molar refractivity (Wildman–Crippen MR) is 125 cm³/mol. The Morgan fingerprint density at radius 3 is 2.59 bits per heavy atom. The minimum atomic E-state index is -1.16. The molecule has 0 unspecified atom stereocenters. The van der Waals surface area contributed by atoms with Crippen LogP contribution in [-0.2, 0) is 20.9 Å². The second-order valence-electron chi connectivity index (χ2n) is 9.17. The number of benzene rings is 1. The summed E-state index contributed by atoms with van der Waals surface area (Å²) in [5.41, 5.74) is 2.50. The van der Waals surface area contributed by atoms with E-state index in [0.29, 0.717) is 36.7 Å². The molecule has 1 fully saturated rings. The molecule has 8 nitrogen and oxygen atoms in total. The Morgan fingerprint density at radius 1 is 1.22 bits per heavy atom. The Balaban J connectivity index is 1.61. The molecule has 1 saturated heterocycles. The lowest BCUT2D eigenvalue weighted by atomic mass is 10.0. The van der Waals surface area contributed by atoms with Crippen molar-refractivity contribution >= 4 is 31.5 Å². The number of anilines is 1. The highest BCUT2D eigenvalue weighted by Gasteiger charge is 2.32. The zero-order chi connectivity index (χ0) is 23.3. The number of ether oxygens (including phenoxy) is 2. The van der Waals surface area contributed by atoms with Gasteiger partial charge in [-0.25, -0.2) is 4.79 Å². The summed E-state index contributed by atoms with van der Waals surface area (Å²) in [6.45, 7) is 10.0. The van der Waals surface area contributed by atoms with Crippen molar-refractivity contribution in [3.8, 4) is 0 Å². The molecule has 1 atom stereocenters. The Labute approximate surface area is 189 Å². The quantitative estimate of drug-likeness (QED) is 0.323. The fourth-order valence-electron chi connectivity index (χ4n) is 3.33. The third kappa shape index (κ3) is 6.30. The normalized spacial score (nSPS) is 16.2. The van der Waals surface area contributed by atoms with Crippen LogP contribution >= 0.6 is 0 Å². The summed E-state index contributed by atoms with van der Waals surface area (Å²) in [5.74, 6) is -0.301. The third-order valence-corrected chi connectivity index (χ3v) is 6.91. The van der Waals surface area contributed by atoms with Gasteiger partial charge in [0.2, 0.25) is 11.7 Å². The van der Waals surface area contributed by atoms with Crippen LogP contribution < -0.4 is 10.2 Å². The molecule has 2 heterocycles. The highest BCUT2D eigenvalue weighted by atomic mass is 28.3. The van der Waals surface area contributed by atoms with Gasteiger partial charge >= 0.3 is 6.09 Å². The molecule has 1 aromatic carbocycles. The summed E-state index contributed by atoms with van der Waals surface area (Å²) in [5, 5.41) is 2.65. The first-order valence-corrected chi connectivity index (χ1v) is 14.5. The van der Waals surface area contributed by atoms with Gasteiger partial charge in [-0.3, -0.25) is 14.5 Å². The van der Waals surface area contributed by atoms with Gasteiger partial charge < -0.3 is 19.8 Å². The maximum atomic E-state index is 13.0. The van der Waals surface area contributed by atoms with Crippen molar-refractivity contribution in [1.29, 1.82) is 0 Å². The molecule has 0 bridgehead atoms. The Morgan fingerprint density at radius 2 is 1.94 bits per heavy atom. The number of ketones is 1. The number of cyclic esters (lactones) is 1. The van der Waals surface area contributed by atoms with Gasteiger partial charge in [0.25, 0.3) is 0 Å². The number of rotatable bonds is 10. The van der Waals surface area contributed by atoms with Crippen molar-refractivity contribution in [2.45, 2.75) is 45.3 Å². The average molecular weight is 458 g/mol. The second-order valence-corrected chi connectivity index (χ2v) is 14.8. The molecule has 3 rings (SSSR count). The van der Waals surface area contributed by atoms with Gasteiger partial charge in [0.1, 0.15) is 6.10 Å². The number of H-pyrrole nitrogens is 1. The molecule has 1 aromatic heterocycles. The maximum Gasteiger partial charge on any atom is 0.414 e. The van der Waals surface area contributed by atoms with Gasteiger partial charge in [-0.15, -0.1) is 0 Å². The minimum Gasteiger partial charge on any atom is -0.442 e. The fraction of sp³-hybridized carbons (Fsp3) is 0.435. The first kappa shape index (κ1) is 23.7. The molecule has 1 aliphatic heterocycles. The maximum absolute atomic E-state index is 13.0. The number of aromatic amines is 1. The zero-order valence-electron chi connectivity index (χ0n) is 19.1. The zero-order valence-corrected chi connectivity index (χ0v) is 20.1. The molecular formula is C23H31N3O5Si. The van der Waals surface area contributed by atoms with Gasteiger partial charge in [-0.05, 0) is 36.4 Å². The molecule has 0 radical (unpaired) electrons. The van der Waals surface area contributed by atoms with Crippen LogP contribution in [0.25, 0.3) is 0 Å². The van der Waals surface area contributed by atoms with E-state index in [1.165, 1.54) is 11.8 Å². The Bertz CT molecular complexity index is 965. The molecule has 172 valence electrons. The topological polar surface area (TPSA) is 101 Å². The third-order valence-electron chi connectivity index (χ3n) is 5.21. The Hall–Kier alpha value is -2.91. The molecule has 2 aromatic rings. The smallest absolute Gasteiger partial charge is 0.414 e. The van der Waals surface area contributed by atoms with E-state index >= 15 is 0 Å². The molecule has 32 heavy (non-hydrogen) atoms. The minimum absolute atomic E-state index is 0.127. The number of hydrogen-bond donors (Lipinski definition) is 2. The monoisotopic (exact) mass is 457 g/mol. The van der Waals surface area contributed by atoms with E-state index in [4.69, 9.17) is 9.47 Å². The first-order valence-electron chi connectivity index (χ1n) is 10.8. The van der Waals surface area contributed by atoms with Crippen molar-refractivity contribution < 1.29 is 23.9 Å². The second kappa shape index (κ2) is 10.1. The van der Waals surface area contributed by atoms with Gasteiger partial charge in [-0.1, -0.05) is 19.6 Å². The summed E-state index contributed by atoms with van der Waals surface area (Å²) in [7, 11) is -1.16. The molecule has 1 aliphatic rings. The number of carbonyl (C=O) groups excluding carboxylic acids is 3. The standard InChI is InChI=1S/C23H31N3O5Si/c1-16(27)25-13-20-14-26(23(29)31-20)19-7-5-17(6-8-19)22(28)21-18(9-10-24-21)15-30-11-12-32(2,3)4/h5-10,20,24H,11-15H2,1-4H3,(H,25,27)/t20-/m0/s1. The van der Waals surface area contributed by atoms with Crippen molar-refractivity contribution in [3.05, 3.63) is 53.3 Å². The number of carbonyl (C=O) groups is 3. The van der Waals surface area contributed by atoms with Crippen LogP contribution in [0.4, 0.5) is 10.5 Å². The molecule has 2 N–H and O–H groups in total. The Kier molecular flexibility index (Phi) is 7.52. The van der Waals surface area contributed by atoms with Crippen LogP contribution in [0.5, 0.6) is 0 Å². The summed E-state index contributed by atoms with van der Waals surface area (Å²) in [4.78, 5) is 40.8. The summed E-state index contributed by atoms with van der Waals surface area (Å²) < 4.78 is 11.1. The summed E-state index contributed by atoms with van der Waals surface area (Å²) in [6.07, 6.45) is 0.866. The van der Waals surface area contributed by atoms with E-state index in [-0.39, 0.29) is 18.2 Å². The largest absolute Gasteiger partial charge is 0.442 e. The van der Waals surface area contributed by atoms with Crippen LogP contribution in [0.2, 0.25) is 25.7 Å². The van der Waals surface area contributed by atoms with E-state index in [0.717, 1.165) is 11.6 Å². The molecule has 0 spiro atoms.